The van der Waals surface area contributed by atoms with Gasteiger partial charge >= 0.3 is 0 Å². The maximum Gasteiger partial charge on any atom is 0.151 e. The van der Waals surface area contributed by atoms with Crippen molar-refractivity contribution in [1.29, 1.82) is 0 Å². The van der Waals surface area contributed by atoms with Gasteiger partial charge in [-0.2, -0.15) is 0 Å². The lowest BCUT2D eigenvalue weighted by Crippen LogP contribution is -2.67. The molecule has 0 radical (unpaired) electrons. The molecule has 2 saturated heterocycles. The Kier molecular flexibility index (Phi) is 1.03. The molecule has 2 aliphatic rings. The highest BCUT2D eigenvalue weighted by Crippen LogP contribution is 2.40. The molecule has 10 heavy (non-hydrogen) atoms. The lowest BCUT2D eigenvalue weighted by Gasteiger charge is -2.53. The maximum atomic E-state index is 10.8. The normalized spacial score (nSPS) is 34.9. The summed E-state index contributed by atoms with van der Waals surface area (Å²) in [5, 5.41) is 0. The molecule has 0 aliphatic carbocycles. The van der Waals surface area contributed by atoms with Gasteiger partial charge in [-0.1, -0.05) is 0 Å². The standard InChI is InChI=1S/C6H11NO2S/c1-7-2-6(3-7)4-10(8,9)5-6/h2-5H2,1H3. The minimum atomic E-state index is -2.60. The van der Waals surface area contributed by atoms with Crippen LogP contribution < -0.4 is 0 Å². The minimum absolute atomic E-state index is 0.188. The van der Waals surface area contributed by atoms with Gasteiger partial charge in [0.2, 0.25) is 0 Å². The third kappa shape index (κ3) is 0.787. The second kappa shape index (κ2) is 1.56. The zero-order valence-corrected chi connectivity index (χ0v) is 6.82. The van der Waals surface area contributed by atoms with Crippen LogP contribution in [0.3, 0.4) is 0 Å². The smallest absolute Gasteiger partial charge is 0.151 e. The van der Waals surface area contributed by atoms with Gasteiger partial charge in [0.15, 0.2) is 9.84 Å². The van der Waals surface area contributed by atoms with E-state index in [-0.39, 0.29) is 5.41 Å². The van der Waals surface area contributed by atoms with Gasteiger partial charge in [0.1, 0.15) is 0 Å². The molecule has 2 rings (SSSR count). The van der Waals surface area contributed by atoms with Crippen LogP contribution in [-0.4, -0.2) is 45.0 Å². The van der Waals surface area contributed by atoms with Crippen molar-refractivity contribution in [2.24, 2.45) is 5.41 Å². The Morgan fingerprint density at radius 1 is 1.30 bits per heavy atom. The zero-order valence-electron chi connectivity index (χ0n) is 6.00. The van der Waals surface area contributed by atoms with Gasteiger partial charge in [0, 0.05) is 18.5 Å². The molecule has 0 atom stereocenters. The molecular formula is C6H11NO2S. The summed E-state index contributed by atoms with van der Waals surface area (Å²) in [7, 11) is -0.576. The number of hydrogen-bond donors (Lipinski definition) is 0. The highest BCUT2D eigenvalue weighted by atomic mass is 32.2. The predicted molar refractivity (Wildman–Crippen MR) is 38.6 cm³/mol. The van der Waals surface area contributed by atoms with E-state index in [4.69, 9.17) is 0 Å². The first-order valence-corrected chi connectivity index (χ1v) is 5.23. The van der Waals surface area contributed by atoms with Gasteiger partial charge < -0.3 is 4.90 Å². The van der Waals surface area contributed by atoms with E-state index >= 15 is 0 Å². The third-order valence-electron chi connectivity index (χ3n) is 2.26. The lowest BCUT2D eigenvalue weighted by atomic mass is 9.83. The summed E-state index contributed by atoms with van der Waals surface area (Å²) in [6.07, 6.45) is 0. The Hall–Kier alpha value is -0.0900. The van der Waals surface area contributed by atoms with Crippen LogP contribution in [0.2, 0.25) is 0 Å². The summed E-state index contributed by atoms with van der Waals surface area (Å²) >= 11 is 0. The van der Waals surface area contributed by atoms with E-state index in [1.165, 1.54) is 0 Å². The van der Waals surface area contributed by atoms with Gasteiger partial charge in [0.25, 0.3) is 0 Å². The van der Waals surface area contributed by atoms with Crippen LogP contribution in [0.25, 0.3) is 0 Å². The molecule has 0 aromatic heterocycles. The molecule has 2 heterocycles. The molecule has 0 aromatic rings. The second-order valence-corrected chi connectivity index (χ2v) is 5.77. The fraction of sp³-hybridized carbons (Fsp3) is 1.00. The van der Waals surface area contributed by atoms with Crippen molar-refractivity contribution in [3.8, 4) is 0 Å². The van der Waals surface area contributed by atoms with E-state index < -0.39 is 9.84 Å². The van der Waals surface area contributed by atoms with Gasteiger partial charge in [-0.25, -0.2) is 8.42 Å². The Morgan fingerprint density at radius 2 is 1.80 bits per heavy atom. The van der Waals surface area contributed by atoms with E-state index in [1.807, 2.05) is 7.05 Å². The number of likely N-dealkylation sites (tertiary alicyclic amines) is 1. The molecule has 58 valence electrons. The number of nitrogens with zero attached hydrogens (tertiary/aromatic N) is 1. The van der Waals surface area contributed by atoms with E-state index in [0.717, 1.165) is 13.1 Å². The minimum Gasteiger partial charge on any atom is -0.305 e. The van der Waals surface area contributed by atoms with E-state index in [9.17, 15) is 8.42 Å². The molecule has 4 heteroatoms. The summed E-state index contributed by atoms with van der Waals surface area (Å²) in [6.45, 7) is 1.96. The van der Waals surface area contributed by atoms with Crippen LogP contribution in [0, 0.1) is 5.41 Å². The Bertz CT molecular complexity index is 237. The summed E-state index contributed by atoms with van der Waals surface area (Å²) in [6, 6.07) is 0. The van der Waals surface area contributed by atoms with Gasteiger partial charge in [-0.3, -0.25) is 0 Å². The summed E-state index contributed by atoms with van der Waals surface area (Å²) in [4.78, 5) is 2.16. The molecule has 2 fully saturated rings. The Morgan fingerprint density at radius 3 is 2.10 bits per heavy atom. The molecule has 3 nitrogen and oxygen atoms in total. The van der Waals surface area contributed by atoms with Crippen LogP contribution in [0.5, 0.6) is 0 Å². The van der Waals surface area contributed by atoms with E-state index in [1.54, 1.807) is 0 Å². The van der Waals surface area contributed by atoms with Gasteiger partial charge in [0.05, 0.1) is 11.5 Å². The summed E-state index contributed by atoms with van der Waals surface area (Å²) in [5.74, 6) is 0.870. The van der Waals surface area contributed by atoms with E-state index in [2.05, 4.69) is 4.90 Å². The zero-order chi connectivity index (χ0) is 7.41. The molecule has 0 aromatic carbocycles. The second-order valence-electron chi connectivity index (χ2n) is 3.70. The highest BCUT2D eigenvalue weighted by Gasteiger charge is 2.54. The Balaban J connectivity index is 2.03. The van der Waals surface area contributed by atoms with Gasteiger partial charge in [-0.05, 0) is 7.05 Å². The monoisotopic (exact) mass is 161 g/mol. The van der Waals surface area contributed by atoms with Crippen molar-refractivity contribution in [2.45, 2.75) is 0 Å². The molecule has 0 bridgehead atoms. The third-order valence-corrected chi connectivity index (χ3v) is 4.37. The average molecular weight is 161 g/mol. The molecule has 0 N–H and O–H groups in total. The lowest BCUT2D eigenvalue weighted by molar-refractivity contribution is 0.0494. The Labute approximate surface area is 60.9 Å². The molecule has 0 saturated carbocycles. The number of sulfone groups is 1. The SMILES string of the molecule is CN1CC2(C1)CS(=O)(=O)C2. The predicted octanol–water partition coefficient (Wildman–Crippen LogP) is -0.653. The van der Waals surface area contributed by atoms with Crippen molar-refractivity contribution < 1.29 is 8.42 Å². The topological polar surface area (TPSA) is 37.4 Å². The number of hydrogen-bond acceptors (Lipinski definition) is 3. The first kappa shape index (κ1) is 6.61. The van der Waals surface area contributed by atoms with Crippen molar-refractivity contribution in [3.63, 3.8) is 0 Å². The average Bonchev–Trinajstić information content (AvgIpc) is 1.55. The van der Waals surface area contributed by atoms with Crippen molar-refractivity contribution in [3.05, 3.63) is 0 Å². The van der Waals surface area contributed by atoms with Crippen LogP contribution in [0.4, 0.5) is 0 Å². The maximum absolute atomic E-state index is 10.8. The van der Waals surface area contributed by atoms with Crippen LogP contribution >= 0.6 is 0 Å². The summed E-state index contributed by atoms with van der Waals surface area (Å²) in [5.41, 5.74) is 0.188. The van der Waals surface area contributed by atoms with Gasteiger partial charge in [-0.15, -0.1) is 0 Å². The van der Waals surface area contributed by atoms with Crippen LogP contribution in [-0.2, 0) is 9.84 Å². The first-order valence-electron chi connectivity index (χ1n) is 3.40. The first-order chi connectivity index (χ1) is 4.52. The van der Waals surface area contributed by atoms with Crippen LogP contribution in [0.1, 0.15) is 0 Å². The van der Waals surface area contributed by atoms with Crippen molar-refractivity contribution >= 4 is 9.84 Å². The molecule has 1 spiro atoms. The van der Waals surface area contributed by atoms with Crippen molar-refractivity contribution in [2.75, 3.05) is 31.6 Å². The van der Waals surface area contributed by atoms with Crippen LogP contribution in [0.15, 0.2) is 0 Å². The van der Waals surface area contributed by atoms with Crippen molar-refractivity contribution in [1.82, 2.24) is 4.90 Å². The molecule has 0 unspecified atom stereocenters. The fourth-order valence-corrected chi connectivity index (χ4v) is 4.32. The quantitative estimate of drug-likeness (QED) is 0.473. The highest BCUT2D eigenvalue weighted by molar-refractivity contribution is 7.92. The number of rotatable bonds is 0. The fourth-order valence-electron chi connectivity index (χ4n) is 2.17. The summed E-state index contributed by atoms with van der Waals surface area (Å²) < 4.78 is 21.6. The molecule has 0 amide bonds. The van der Waals surface area contributed by atoms with E-state index in [0.29, 0.717) is 11.5 Å². The molecular weight excluding hydrogens is 150 g/mol. The largest absolute Gasteiger partial charge is 0.305 e. The molecule has 2 aliphatic heterocycles.